The first kappa shape index (κ1) is 46.6. The van der Waals surface area contributed by atoms with Crippen LogP contribution in [0.1, 0.15) is 101 Å². The van der Waals surface area contributed by atoms with E-state index >= 15 is 4.39 Å². The molecule has 3 N–H and O–H groups in total. The number of nitrogens with zero attached hydrogens (tertiary/aromatic N) is 6. The zero-order valence-corrected chi connectivity index (χ0v) is 38.7. The number of likely N-dealkylation sites (tertiary alicyclic amines) is 1. The first-order chi connectivity index (χ1) is 32.7. The summed E-state index contributed by atoms with van der Waals surface area (Å²) in [7, 11) is 0. The van der Waals surface area contributed by atoms with Gasteiger partial charge in [0.2, 0.25) is 11.8 Å². The highest BCUT2D eigenvalue weighted by Crippen LogP contribution is 2.30. The van der Waals surface area contributed by atoms with Crippen molar-refractivity contribution in [2.45, 2.75) is 76.2 Å². The molecule has 2 atom stereocenters. The number of piperazine rings is 2. The molecule has 1 aliphatic carbocycles. The van der Waals surface area contributed by atoms with Gasteiger partial charge in [-0.25, -0.2) is 9.49 Å². The lowest BCUT2D eigenvalue weighted by Crippen LogP contribution is -2.57. The second-order valence-corrected chi connectivity index (χ2v) is 19.6. The Balaban J connectivity index is 0.705. The molecule has 9 rings (SSSR count). The molecule has 1 aromatic heterocycles. The molecule has 1 saturated carbocycles. The number of benzene rings is 3. The maximum Gasteiger partial charge on any atom is 0.272 e. The zero-order chi connectivity index (χ0) is 46.3. The molecule has 0 bridgehead atoms. The third kappa shape index (κ3) is 11.3. The monoisotopic (exact) mass is 916 g/mol. The number of fused-ring (bicyclic) bond motifs is 1. The number of aromatic nitrogens is 2. The zero-order valence-electron chi connectivity index (χ0n) is 38.7. The molecule has 4 aromatic rings. The van der Waals surface area contributed by atoms with Crippen molar-refractivity contribution in [3.63, 3.8) is 0 Å². The number of nitrogens with one attached hydrogen (secondary N) is 3. The van der Waals surface area contributed by atoms with Gasteiger partial charge in [-0.05, 0) is 117 Å². The summed E-state index contributed by atoms with van der Waals surface area (Å²) in [6, 6.07) is 19.2. The minimum atomic E-state index is -0.599. The van der Waals surface area contributed by atoms with E-state index in [2.05, 4.69) is 36.7 Å². The highest BCUT2D eigenvalue weighted by atomic mass is 19.1. The lowest BCUT2D eigenvalue weighted by molar-refractivity contribution is -0.137. The summed E-state index contributed by atoms with van der Waals surface area (Å²) in [5.41, 5.74) is 2.86. The summed E-state index contributed by atoms with van der Waals surface area (Å²) in [6.45, 7) is 9.34. The fraction of sp³-hybridized carbons (Fsp3) is 0.538. The minimum Gasteiger partial charge on any atom is -0.340 e. The van der Waals surface area contributed by atoms with E-state index in [0.29, 0.717) is 91.7 Å². The molecule has 5 heterocycles. The number of halogens is 1. The number of aromatic amines is 1. The second kappa shape index (κ2) is 21.6. The molecule has 67 heavy (non-hydrogen) atoms. The molecule has 5 fully saturated rings. The van der Waals surface area contributed by atoms with Crippen molar-refractivity contribution >= 4 is 34.4 Å². The number of H-pyrrole nitrogens is 1. The molecule has 3 aromatic carbocycles. The number of hydrogen-bond acceptors (Lipinski definition) is 9. The largest absolute Gasteiger partial charge is 0.340 e. The molecule has 15 heteroatoms. The Labute approximate surface area is 392 Å². The molecule has 5 aliphatic rings. The van der Waals surface area contributed by atoms with Crippen LogP contribution < -0.4 is 16.2 Å². The van der Waals surface area contributed by atoms with Gasteiger partial charge in [0.05, 0.1) is 23.2 Å². The van der Waals surface area contributed by atoms with Crippen molar-refractivity contribution in [1.29, 1.82) is 0 Å². The van der Waals surface area contributed by atoms with Gasteiger partial charge in [-0.3, -0.25) is 33.8 Å². The van der Waals surface area contributed by atoms with Gasteiger partial charge >= 0.3 is 0 Å². The Hall–Kier alpha value is -5.51. The number of carbonyl (C=O) groups is 4. The number of rotatable bonds is 12. The number of amides is 4. The van der Waals surface area contributed by atoms with Crippen LogP contribution in [0.15, 0.2) is 71.5 Å². The van der Waals surface area contributed by atoms with Crippen LogP contribution in [0, 0.1) is 17.7 Å². The van der Waals surface area contributed by atoms with E-state index in [1.165, 1.54) is 18.1 Å². The van der Waals surface area contributed by atoms with Crippen LogP contribution in [0.3, 0.4) is 0 Å². The van der Waals surface area contributed by atoms with E-state index in [-0.39, 0.29) is 34.8 Å². The quantitative estimate of drug-likeness (QED) is 0.185. The summed E-state index contributed by atoms with van der Waals surface area (Å²) in [4.78, 5) is 77.4. The first-order valence-electron chi connectivity index (χ1n) is 24.8. The molecular formula is C52H66FN9O5. The van der Waals surface area contributed by atoms with Crippen molar-refractivity contribution in [3.05, 3.63) is 111 Å². The highest BCUT2D eigenvalue weighted by Gasteiger charge is 2.36. The van der Waals surface area contributed by atoms with Crippen LogP contribution >= 0.6 is 0 Å². The van der Waals surface area contributed by atoms with E-state index in [1.807, 2.05) is 40.1 Å². The lowest BCUT2D eigenvalue weighted by Gasteiger charge is -2.41. The van der Waals surface area contributed by atoms with Crippen LogP contribution in [0.25, 0.3) is 10.8 Å². The Morgan fingerprint density at radius 1 is 0.731 bits per heavy atom. The van der Waals surface area contributed by atoms with E-state index in [1.54, 1.807) is 29.2 Å². The summed E-state index contributed by atoms with van der Waals surface area (Å²) in [6.07, 6.45) is 9.86. The number of piperidine rings is 2. The van der Waals surface area contributed by atoms with Crippen molar-refractivity contribution in [3.8, 4) is 0 Å². The molecule has 14 nitrogen and oxygen atoms in total. The minimum absolute atomic E-state index is 0.0157. The van der Waals surface area contributed by atoms with Gasteiger partial charge in [0.1, 0.15) is 11.9 Å². The first-order valence-corrected chi connectivity index (χ1v) is 24.8. The van der Waals surface area contributed by atoms with Crippen LogP contribution in [0.5, 0.6) is 0 Å². The Morgan fingerprint density at radius 2 is 1.46 bits per heavy atom. The Bertz CT molecular complexity index is 2450. The molecule has 4 saturated heterocycles. The lowest BCUT2D eigenvalue weighted by atomic mass is 9.83. The SMILES string of the molecule is O=C(N[C@@H](C(=O)N1CCN(CC2CCN(CC(=O)N3CCN(C(=O)c4cc(Cc5n[nH]c(=O)c6ccccc56)ccc4F)CC3)CC2)CC1)C1CCCCC1)c1cccc([C@@H]2CCCNC2)c1. The van der Waals surface area contributed by atoms with Crippen molar-refractivity contribution < 1.29 is 23.6 Å². The molecular weight excluding hydrogens is 850 g/mol. The van der Waals surface area contributed by atoms with Gasteiger partial charge in [-0.2, -0.15) is 5.10 Å². The van der Waals surface area contributed by atoms with Gasteiger partial charge in [0.15, 0.2) is 0 Å². The van der Waals surface area contributed by atoms with Crippen molar-refractivity contribution in [2.24, 2.45) is 11.8 Å². The summed E-state index contributed by atoms with van der Waals surface area (Å²) in [5, 5.41) is 14.7. The highest BCUT2D eigenvalue weighted by molar-refractivity contribution is 5.98. The number of carbonyl (C=O) groups excluding carboxylic acids is 4. The second-order valence-electron chi connectivity index (χ2n) is 19.6. The predicted octanol–water partition coefficient (Wildman–Crippen LogP) is 4.64. The van der Waals surface area contributed by atoms with Crippen LogP contribution in [-0.2, 0) is 16.0 Å². The average molecular weight is 916 g/mol. The van der Waals surface area contributed by atoms with Crippen molar-refractivity contribution in [1.82, 2.24) is 45.3 Å². The topological polar surface area (TPSA) is 154 Å². The van der Waals surface area contributed by atoms with Gasteiger partial charge in [-0.1, -0.05) is 55.7 Å². The van der Waals surface area contributed by atoms with E-state index in [0.717, 1.165) is 97.2 Å². The van der Waals surface area contributed by atoms with Crippen molar-refractivity contribution in [2.75, 3.05) is 91.6 Å². The van der Waals surface area contributed by atoms with Gasteiger partial charge in [0.25, 0.3) is 17.4 Å². The molecule has 4 aliphatic heterocycles. The molecule has 0 unspecified atom stereocenters. The standard InChI is InChI=1S/C52H66FN9O5/c53-45-16-15-37(31-46-42-13-4-5-14-43(42)50(65)57-56-46)30-44(45)51(66)61-28-26-60(27-29-61)47(63)35-58-20-17-36(18-21-58)34-59-22-24-62(25-23-59)52(67)48(38-8-2-1-3-9-38)55-49(64)40-11-6-10-39(32-40)41-12-7-19-54-33-41/h4-6,10-11,13-16,30,32,36,38,41,48,54H,1-3,7-9,12,17-29,31,33-35H2,(H,55,64)(H,57,65)/t41-,48-/m1/s1. The molecule has 4 amide bonds. The Morgan fingerprint density at radius 3 is 2.21 bits per heavy atom. The Kier molecular flexibility index (Phi) is 15.0. The van der Waals surface area contributed by atoms with Gasteiger partial charge < -0.3 is 25.3 Å². The molecule has 356 valence electrons. The van der Waals surface area contributed by atoms with Gasteiger partial charge in [-0.15, -0.1) is 0 Å². The number of hydrogen-bond donors (Lipinski definition) is 3. The fourth-order valence-corrected chi connectivity index (χ4v) is 11.1. The summed E-state index contributed by atoms with van der Waals surface area (Å²) >= 11 is 0. The van der Waals surface area contributed by atoms with E-state index in [9.17, 15) is 24.0 Å². The van der Waals surface area contributed by atoms with Crippen LogP contribution in [0.2, 0.25) is 0 Å². The normalized spacial score (nSPS) is 21.0. The summed E-state index contributed by atoms with van der Waals surface area (Å²) < 4.78 is 15.1. The van der Waals surface area contributed by atoms with E-state index < -0.39 is 17.8 Å². The van der Waals surface area contributed by atoms with Crippen LogP contribution in [0.4, 0.5) is 4.39 Å². The van der Waals surface area contributed by atoms with E-state index in [4.69, 9.17) is 0 Å². The van der Waals surface area contributed by atoms with Gasteiger partial charge in [0, 0.05) is 82.8 Å². The predicted molar refractivity (Wildman–Crippen MR) is 255 cm³/mol. The third-order valence-electron chi connectivity index (χ3n) is 15.2. The smallest absolute Gasteiger partial charge is 0.272 e. The molecule has 0 spiro atoms. The average Bonchev–Trinajstić information content (AvgIpc) is 3.38. The maximum absolute atomic E-state index is 15.1. The summed E-state index contributed by atoms with van der Waals surface area (Å²) in [5.74, 6) is 0.0285. The van der Waals surface area contributed by atoms with Crippen LogP contribution in [-0.4, -0.2) is 156 Å². The maximum atomic E-state index is 15.1. The third-order valence-corrected chi connectivity index (χ3v) is 15.2. The molecule has 0 radical (unpaired) electrons. The fourth-order valence-electron chi connectivity index (χ4n) is 11.1.